The summed E-state index contributed by atoms with van der Waals surface area (Å²) in [6.07, 6.45) is 3.95. The number of piperidine rings is 1. The van der Waals surface area contributed by atoms with Crippen LogP contribution in [0.15, 0.2) is 12.3 Å². The van der Waals surface area contributed by atoms with Gasteiger partial charge in [0.05, 0.1) is 17.1 Å². The summed E-state index contributed by atoms with van der Waals surface area (Å²) in [5.41, 5.74) is 2.49. The van der Waals surface area contributed by atoms with Gasteiger partial charge in [0.2, 0.25) is 0 Å². The molecule has 2 aromatic heterocycles. The molecule has 1 N–H and O–H groups in total. The van der Waals surface area contributed by atoms with Crippen molar-refractivity contribution in [2.45, 2.75) is 58.5 Å². The highest BCUT2D eigenvalue weighted by Crippen LogP contribution is 2.26. The van der Waals surface area contributed by atoms with Crippen LogP contribution in [0, 0.1) is 0 Å². The number of carbonyl (C=O) groups is 1. The van der Waals surface area contributed by atoms with E-state index >= 15 is 0 Å². The number of likely N-dealkylation sites (tertiary alicyclic amines) is 1. The third kappa shape index (κ3) is 3.40. The van der Waals surface area contributed by atoms with Crippen molar-refractivity contribution in [2.24, 2.45) is 0 Å². The summed E-state index contributed by atoms with van der Waals surface area (Å²) < 4.78 is 1.91. The van der Waals surface area contributed by atoms with Crippen LogP contribution in [0.4, 0.5) is 0 Å². The van der Waals surface area contributed by atoms with E-state index in [-0.39, 0.29) is 17.9 Å². The molecule has 3 heterocycles. The molecule has 0 aromatic carbocycles. The number of nitrogens with one attached hydrogen (secondary N) is 1. The van der Waals surface area contributed by atoms with Crippen molar-refractivity contribution in [1.29, 1.82) is 0 Å². The molecule has 0 unspecified atom stereocenters. The Balaban J connectivity index is 2.06. The Kier molecular flexibility index (Phi) is 5.08. The number of aromatic nitrogens is 3. The van der Waals surface area contributed by atoms with E-state index in [4.69, 9.17) is 4.98 Å². The Morgan fingerprint density at radius 2 is 2.08 bits per heavy atom. The van der Waals surface area contributed by atoms with E-state index in [1.807, 2.05) is 22.7 Å². The Bertz CT molecular complexity index is 765. The Morgan fingerprint density at radius 1 is 1.32 bits per heavy atom. The lowest BCUT2D eigenvalue weighted by atomic mass is 10.0. The number of rotatable bonds is 4. The normalized spacial score (nSPS) is 18.5. The number of fused-ring (bicyclic) bond motifs is 1. The van der Waals surface area contributed by atoms with E-state index in [9.17, 15) is 4.79 Å². The Morgan fingerprint density at radius 3 is 2.72 bits per heavy atom. The number of carbonyl (C=O) groups excluding carboxylic acids is 1. The highest BCUT2D eigenvalue weighted by molar-refractivity contribution is 6.05. The van der Waals surface area contributed by atoms with Gasteiger partial charge >= 0.3 is 0 Å². The van der Waals surface area contributed by atoms with Gasteiger partial charge in [0.15, 0.2) is 5.65 Å². The first-order valence-electron chi connectivity index (χ1n) is 9.27. The summed E-state index contributed by atoms with van der Waals surface area (Å²) >= 11 is 0. The second-order valence-corrected chi connectivity index (χ2v) is 7.55. The maximum absolute atomic E-state index is 13.3. The summed E-state index contributed by atoms with van der Waals surface area (Å²) in [6, 6.07) is 2.54. The van der Waals surface area contributed by atoms with Crippen LogP contribution >= 0.6 is 0 Å². The minimum Gasteiger partial charge on any atom is -0.337 e. The van der Waals surface area contributed by atoms with Crippen molar-refractivity contribution >= 4 is 16.9 Å². The zero-order valence-corrected chi connectivity index (χ0v) is 15.9. The summed E-state index contributed by atoms with van der Waals surface area (Å²) in [5, 5.41) is 8.65. The van der Waals surface area contributed by atoms with Gasteiger partial charge in [-0.05, 0) is 45.7 Å². The molecule has 1 atom stereocenters. The number of pyridine rings is 1. The number of nitrogens with zero attached hydrogens (tertiary/aromatic N) is 4. The van der Waals surface area contributed by atoms with Crippen LogP contribution in [-0.2, 0) is 0 Å². The first-order chi connectivity index (χ1) is 11.9. The quantitative estimate of drug-likeness (QED) is 0.927. The second kappa shape index (κ2) is 7.12. The maximum Gasteiger partial charge on any atom is 0.254 e. The van der Waals surface area contributed by atoms with E-state index in [0.717, 1.165) is 48.2 Å². The lowest BCUT2D eigenvalue weighted by molar-refractivity contribution is 0.0700. The molecule has 1 saturated heterocycles. The summed E-state index contributed by atoms with van der Waals surface area (Å²) in [4.78, 5) is 20.0. The van der Waals surface area contributed by atoms with E-state index in [2.05, 4.69) is 38.1 Å². The van der Waals surface area contributed by atoms with Crippen LogP contribution in [-0.4, -0.2) is 51.8 Å². The monoisotopic (exact) mass is 343 g/mol. The van der Waals surface area contributed by atoms with Gasteiger partial charge < -0.3 is 10.2 Å². The number of hydrogen-bond acceptors (Lipinski definition) is 4. The van der Waals surface area contributed by atoms with Gasteiger partial charge in [-0.25, -0.2) is 9.67 Å². The molecule has 25 heavy (non-hydrogen) atoms. The molecule has 3 rings (SSSR count). The molecule has 1 aliphatic heterocycles. The van der Waals surface area contributed by atoms with Gasteiger partial charge in [-0.3, -0.25) is 4.79 Å². The molecule has 6 nitrogen and oxygen atoms in total. The zero-order valence-electron chi connectivity index (χ0n) is 15.9. The molecule has 1 amide bonds. The SMILES string of the molecule is CN[C@@H]1CCCN(C(=O)c2cc(C(C)C)nc3c2cnn3C(C)C)C1. The molecule has 0 saturated carbocycles. The topological polar surface area (TPSA) is 63.1 Å². The smallest absolute Gasteiger partial charge is 0.254 e. The minimum absolute atomic E-state index is 0.0950. The maximum atomic E-state index is 13.3. The van der Waals surface area contributed by atoms with Crippen LogP contribution in [0.25, 0.3) is 11.0 Å². The van der Waals surface area contributed by atoms with Crippen LogP contribution in [0.5, 0.6) is 0 Å². The molecular formula is C19H29N5O. The van der Waals surface area contributed by atoms with Crippen LogP contribution in [0.1, 0.15) is 68.5 Å². The van der Waals surface area contributed by atoms with Crippen molar-refractivity contribution in [3.8, 4) is 0 Å². The predicted molar refractivity (Wildman–Crippen MR) is 100.0 cm³/mol. The van der Waals surface area contributed by atoms with Crippen molar-refractivity contribution < 1.29 is 4.79 Å². The zero-order chi connectivity index (χ0) is 18.1. The third-order valence-corrected chi connectivity index (χ3v) is 5.01. The standard InChI is InChI=1S/C19H29N5O/c1-12(2)17-9-15(16-10-21-24(13(3)4)18(16)22-17)19(25)23-8-6-7-14(11-23)20-5/h9-10,12-14,20H,6-8,11H2,1-5H3/t14-/m1/s1. The highest BCUT2D eigenvalue weighted by Gasteiger charge is 2.26. The second-order valence-electron chi connectivity index (χ2n) is 7.55. The van der Waals surface area contributed by atoms with E-state index in [0.29, 0.717) is 6.04 Å². The lowest BCUT2D eigenvalue weighted by Crippen LogP contribution is -2.47. The third-order valence-electron chi connectivity index (χ3n) is 5.01. The first kappa shape index (κ1) is 17.9. The number of amides is 1. The van der Waals surface area contributed by atoms with E-state index < -0.39 is 0 Å². The molecule has 2 aromatic rings. The Labute approximate surface area is 149 Å². The Hall–Kier alpha value is -1.95. The molecule has 1 aliphatic rings. The van der Waals surface area contributed by atoms with Crippen molar-refractivity contribution in [2.75, 3.05) is 20.1 Å². The van der Waals surface area contributed by atoms with E-state index in [1.54, 1.807) is 6.20 Å². The number of hydrogen-bond donors (Lipinski definition) is 1. The molecule has 136 valence electrons. The summed E-state index contributed by atoms with van der Waals surface area (Å²) in [5.74, 6) is 0.357. The average molecular weight is 343 g/mol. The highest BCUT2D eigenvalue weighted by atomic mass is 16.2. The molecule has 6 heteroatoms. The average Bonchev–Trinajstić information content (AvgIpc) is 3.04. The van der Waals surface area contributed by atoms with Crippen molar-refractivity contribution in [3.63, 3.8) is 0 Å². The van der Waals surface area contributed by atoms with Gasteiger partial charge in [-0.15, -0.1) is 0 Å². The van der Waals surface area contributed by atoms with Gasteiger partial charge in [0.1, 0.15) is 0 Å². The summed E-state index contributed by atoms with van der Waals surface area (Å²) in [7, 11) is 1.97. The predicted octanol–water partition coefficient (Wildman–Crippen LogP) is 2.96. The fraction of sp³-hybridized carbons (Fsp3) is 0.632. The lowest BCUT2D eigenvalue weighted by Gasteiger charge is -2.32. The fourth-order valence-electron chi connectivity index (χ4n) is 3.46. The van der Waals surface area contributed by atoms with Crippen molar-refractivity contribution in [1.82, 2.24) is 25.0 Å². The van der Waals surface area contributed by atoms with Gasteiger partial charge in [-0.1, -0.05) is 13.8 Å². The first-order valence-corrected chi connectivity index (χ1v) is 9.27. The molecule has 0 bridgehead atoms. The molecule has 0 radical (unpaired) electrons. The van der Waals surface area contributed by atoms with Gasteiger partial charge in [0, 0.05) is 30.9 Å². The van der Waals surface area contributed by atoms with Gasteiger partial charge in [0.25, 0.3) is 5.91 Å². The molecular weight excluding hydrogens is 314 g/mol. The van der Waals surface area contributed by atoms with E-state index in [1.165, 1.54) is 0 Å². The molecule has 0 spiro atoms. The fourth-order valence-corrected chi connectivity index (χ4v) is 3.46. The van der Waals surface area contributed by atoms with Crippen LogP contribution < -0.4 is 5.32 Å². The molecule has 1 fully saturated rings. The minimum atomic E-state index is 0.0950. The summed E-state index contributed by atoms with van der Waals surface area (Å²) in [6.45, 7) is 9.96. The van der Waals surface area contributed by atoms with Crippen molar-refractivity contribution in [3.05, 3.63) is 23.5 Å². The van der Waals surface area contributed by atoms with Crippen LogP contribution in [0.2, 0.25) is 0 Å². The largest absolute Gasteiger partial charge is 0.337 e. The van der Waals surface area contributed by atoms with Crippen LogP contribution in [0.3, 0.4) is 0 Å². The number of likely N-dealkylation sites (N-methyl/N-ethyl adjacent to an activating group) is 1. The molecule has 0 aliphatic carbocycles. The van der Waals surface area contributed by atoms with Gasteiger partial charge in [-0.2, -0.15) is 5.10 Å².